The first kappa shape index (κ1) is 21.5. The molecule has 0 fully saturated rings. The lowest BCUT2D eigenvalue weighted by Gasteiger charge is -2.10. The van der Waals surface area contributed by atoms with Crippen molar-refractivity contribution < 1.29 is 9.47 Å². The first-order valence-corrected chi connectivity index (χ1v) is 10.7. The number of aromatic amines is 1. The summed E-state index contributed by atoms with van der Waals surface area (Å²) in [5, 5.41) is 11.7. The Bertz CT molecular complexity index is 1240. The molecule has 0 radical (unpaired) electrons. The molecular weight excluding hydrogens is 420 g/mol. The van der Waals surface area contributed by atoms with E-state index in [1.807, 2.05) is 92.7 Å². The molecular formula is C25H24N4O2S. The summed E-state index contributed by atoms with van der Waals surface area (Å²) in [6.07, 6.45) is 1.83. The molecule has 3 aromatic carbocycles. The Hall–Kier alpha value is -3.71. The van der Waals surface area contributed by atoms with Gasteiger partial charge in [-0.25, -0.2) is 5.10 Å². The minimum absolute atomic E-state index is 0.0868. The quantitative estimate of drug-likeness (QED) is 0.273. The largest absolute Gasteiger partial charge is 0.491 e. The molecule has 0 unspecified atom stereocenters. The van der Waals surface area contributed by atoms with Crippen LogP contribution in [0.1, 0.15) is 25.0 Å². The Morgan fingerprint density at radius 3 is 2.53 bits per heavy atom. The zero-order chi connectivity index (χ0) is 22.3. The molecule has 0 saturated carbocycles. The third-order valence-corrected chi connectivity index (χ3v) is 4.83. The molecule has 6 nitrogen and oxygen atoms in total. The van der Waals surface area contributed by atoms with E-state index in [-0.39, 0.29) is 6.10 Å². The van der Waals surface area contributed by atoms with Crippen LogP contribution < -0.4 is 9.47 Å². The van der Waals surface area contributed by atoms with Crippen LogP contribution in [0.25, 0.3) is 11.4 Å². The number of aromatic nitrogens is 3. The summed E-state index contributed by atoms with van der Waals surface area (Å²) in [6.45, 7) is 4.51. The van der Waals surface area contributed by atoms with E-state index in [0.717, 1.165) is 28.2 Å². The second-order valence-corrected chi connectivity index (χ2v) is 7.83. The van der Waals surface area contributed by atoms with Crippen molar-refractivity contribution in [1.29, 1.82) is 0 Å². The van der Waals surface area contributed by atoms with Gasteiger partial charge in [0.1, 0.15) is 18.1 Å². The SMILES string of the molecule is CC(C)Oc1cccc(-c2n[nH]c(=S)n2/N=C\c2ccc(OCc3ccccc3)cc2)c1. The summed E-state index contributed by atoms with van der Waals surface area (Å²) in [5.74, 6) is 2.19. The molecule has 0 aliphatic rings. The second-order valence-electron chi connectivity index (χ2n) is 7.45. The van der Waals surface area contributed by atoms with E-state index in [2.05, 4.69) is 15.3 Å². The normalized spacial score (nSPS) is 11.2. The monoisotopic (exact) mass is 444 g/mol. The molecule has 32 heavy (non-hydrogen) atoms. The zero-order valence-electron chi connectivity index (χ0n) is 17.9. The summed E-state index contributed by atoms with van der Waals surface area (Å²) < 4.78 is 13.6. The summed E-state index contributed by atoms with van der Waals surface area (Å²) in [5.41, 5.74) is 2.91. The summed E-state index contributed by atoms with van der Waals surface area (Å²) in [6, 6.07) is 25.5. The molecule has 4 aromatic rings. The van der Waals surface area contributed by atoms with Gasteiger partial charge in [-0.05, 0) is 73.6 Å². The van der Waals surface area contributed by atoms with Crippen LogP contribution in [0.15, 0.2) is 84.0 Å². The average Bonchev–Trinajstić information content (AvgIpc) is 3.18. The molecule has 4 rings (SSSR count). The van der Waals surface area contributed by atoms with E-state index in [4.69, 9.17) is 21.7 Å². The van der Waals surface area contributed by atoms with E-state index < -0.39 is 0 Å². The molecule has 0 atom stereocenters. The fraction of sp³-hybridized carbons (Fsp3) is 0.160. The Labute approximate surface area is 192 Å². The zero-order valence-corrected chi connectivity index (χ0v) is 18.8. The van der Waals surface area contributed by atoms with Crippen LogP contribution in [0.3, 0.4) is 0 Å². The smallest absolute Gasteiger partial charge is 0.216 e. The fourth-order valence-electron chi connectivity index (χ4n) is 3.08. The summed E-state index contributed by atoms with van der Waals surface area (Å²) in [4.78, 5) is 0. The van der Waals surface area contributed by atoms with E-state index >= 15 is 0 Å². The van der Waals surface area contributed by atoms with Crippen LogP contribution in [0.5, 0.6) is 11.5 Å². The Morgan fingerprint density at radius 2 is 1.78 bits per heavy atom. The van der Waals surface area contributed by atoms with Crippen molar-refractivity contribution in [3.8, 4) is 22.9 Å². The van der Waals surface area contributed by atoms with Gasteiger partial charge >= 0.3 is 0 Å². The van der Waals surface area contributed by atoms with Crippen LogP contribution in [-0.4, -0.2) is 27.2 Å². The number of H-pyrrole nitrogens is 1. The van der Waals surface area contributed by atoms with Crippen molar-refractivity contribution >= 4 is 18.4 Å². The summed E-state index contributed by atoms with van der Waals surface area (Å²) >= 11 is 5.37. The van der Waals surface area contributed by atoms with Gasteiger partial charge in [0.2, 0.25) is 4.77 Å². The highest BCUT2D eigenvalue weighted by atomic mass is 32.1. The average molecular weight is 445 g/mol. The molecule has 0 bridgehead atoms. The molecule has 1 N–H and O–H groups in total. The number of rotatable bonds is 8. The Kier molecular flexibility index (Phi) is 6.77. The standard InChI is InChI=1S/C25H24N4O2S/c1-18(2)31-23-10-6-9-21(15-23)24-27-28-25(32)29(24)26-16-19-11-13-22(14-12-19)30-17-20-7-4-3-5-8-20/h3-16,18H,17H2,1-2H3,(H,28,32)/b26-16-. The second kappa shape index (κ2) is 10.1. The number of hydrogen-bond donors (Lipinski definition) is 1. The van der Waals surface area contributed by atoms with E-state index in [1.54, 1.807) is 10.9 Å². The van der Waals surface area contributed by atoms with Crippen molar-refractivity contribution in [2.24, 2.45) is 5.10 Å². The van der Waals surface area contributed by atoms with Gasteiger partial charge in [0, 0.05) is 5.56 Å². The lowest BCUT2D eigenvalue weighted by Crippen LogP contribution is -2.05. The van der Waals surface area contributed by atoms with E-state index in [1.165, 1.54) is 0 Å². The maximum atomic E-state index is 5.84. The summed E-state index contributed by atoms with van der Waals surface area (Å²) in [7, 11) is 0. The molecule has 0 spiro atoms. The highest BCUT2D eigenvalue weighted by Gasteiger charge is 2.10. The van der Waals surface area contributed by atoms with Crippen LogP contribution in [0, 0.1) is 4.77 Å². The van der Waals surface area contributed by atoms with Crippen LogP contribution in [0.2, 0.25) is 0 Å². The van der Waals surface area contributed by atoms with E-state index in [0.29, 0.717) is 17.2 Å². The van der Waals surface area contributed by atoms with Crippen molar-refractivity contribution in [2.45, 2.75) is 26.6 Å². The lowest BCUT2D eigenvalue weighted by atomic mass is 10.2. The Morgan fingerprint density at radius 1 is 1.00 bits per heavy atom. The third kappa shape index (κ3) is 5.50. The van der Waals surface area contributed by atoms with Crippen LogP contribution in [-0.2, 0) is 6.61 Å². The van der Waals surface area contributed by atoms with Gasteiger partial charge in [0.05, 0.1) is 12.3 Å². The first-order valence-electron chi connectivity index (χ1n) is 10.3. The first-order chi connectivity index (χ1) is 15.6. The van der Waals surface area contributed by atoms with Crippen LogP contribution >= 0.6 is 12.2 Å². The molecule has 162 valence electrons. The number of nitrogens with zero attached hydrogens (tertiary/aromatic N) is 3. The van der Waals surface area contributed by atoms with Gasteiger partial charge in [-0.2, -0.15) is 14.9 Å². The number of hydrogen-bond acceptors (Lipinski definition) is 5. The molecule has 1 aromatic heterocycles. The minimum Gasteiger partial charge on any atom is -0.491 e. The van der Waals surface area contributed by atoms with Gasteiger partial charge in [-0.15, -0.1) is 0 Å². The van der Waals surface area contributed by atoms with E-state index in [9.17, 15) is 0 Å². The maximum absolute atomic E-state index is 5.84. The highest BCUT2D eigenvalue weighted by Crippen LogP contribution is 2.23. The van der Waals surface area contributed by atoms with Crippen molar-refractivity contribution in [3.05, 3.63) is 94.8 Å². The number of ether oxygens (including phenoxy) is 2. The van der Waals surface area contributed by atoms with Crippen molar-refractivity contribution in [3.63, 3.8) is 0 Å². The molecule has 7 heteroatoms. The van der Waals surface area contributed by atoms with Crippen molar-refractivity contribution in [1.82, 2.24) is 14.9 Å². The Balaban J connectivity index is 1.48. The van der Waals surface area contributed by atoms with Crippen LogP contribution in [0.4, 0.5) is 0 Å². The molecule has 0 saturated heterocycles. The molecule has 1 heterocycles. The molecule has 0 aliphatic heterocycles. The van der Waals surface area contributed by atoms with Gasteiger partial charge < -0.3 is 9.47 Å². The van der Waals surface area contributed by atoms with Gasteiger partial charge in [-0.3, -0.25) is 0 Å². The maximum Gasteiger partial charge on any atom is 0.216 e. The number of benzene rings is 3. The fourth-order valence-corrected chi connectivity index (χ4v) is 3.26. The third-order valence-electron chi connectivity index (χ3n) is 4.57. The van der Waals surface area contributed by atoms with Crippen molar-refractivity contribution in [2.75, 3.05) is 0 Å². The number of nitrogens with one attached hydrogen (secondary N) is 1. The van der Waals surface area contributed by atoms with Gasteiger partial charge in [-0.1, -0.05) is 42.5 Å². The van der Waals surface area contributed by atoms with Gasteiger partial charge in [0.25, 0.3) is 0 Å². The van der Waals surface area contributed by atoms with Gasteiger partial charge in [0.15, 0.2) is 5.82 Å². The highest BCUT2D eigenvalue weighted by molar-refractivity contribution is 7.71. The lowest BCUT2D eigenvalue weighted by molar-refractivity contribution is 0.242. The molecule has 0 amide bonds. The minimum atomic E-state index is 0.0868. The topological polar surface area (TPSA) is 64.4 Å². The predicted octanol–water partition coefficient (Wildman–Crippen LogP) is 5.86. The molecule has 0 aliphatic carbocycles. The predicted molar refractivity (Wildman–Crippen MR) is 129 cm³/mol.